The van der Waals surface area contributed by atoms with E-state index in [1.165, 1.54) is 0 Å². The molecule has 0 aliphatic carbocycles. The predicted molar refractivity (Wildman–Crippen MR) is 74.7 cm³/mol. The van der Waals surface area contributed by atoms with E-state index in [2.05, 4.69) is 22.3 Å². The molecule has 2 aromatic rings. The molecule has 1 aliphatic heterocycles. The van der Waals surface area contributed by atoms with Gasteiger partial charge in [0, 0.05) is 13.2 Å². The van der Waals surface area contributed by atoms with E-state index in [4.69, 9.17) is 4.74 Å². The average molecular weight is 274 g/mol. The Morgan fingerprint density at radius 3 is 2.85 bits per heavy atom. The Morgan fingerprint density at radius 2 is 2.15 bits per heavy atom. The molecule has 0 fully saturated rings. The van der Waals surface area contributed by atoms with Gasteiger partial charge in [-0.25, -0.2) is 4.68 Å². The van der Waals surface area contributed by atoms with Crippen LogP contribution >= 0.6 is 0 Å². The van der Waals surface area contributed by atoms with Crippen molar-refractivity contribution in [3.63, 3.8) is 0 Å². The van der Waals surface area contributed by atoms with E-state index in [1.807, 2.05) is 16.8 Å². The molecule has 2 atom stereocenters. The maximum absolute atomic E-state index is 9.41. The minimum atomic E-state index is 0.125. The van der Waals surface area contributed by atoms with Crippen LogP contribution in [0.15, 0.2) is 24.3 Å². The summed E-state index contributed by atoms with van der Waals surface area (Å²) in [5.41, 5.74) is 1.12. The number of fused-ring (bicyclic) bond motifs is 1. The Labute approximate surface area is 117 Å². The number of nitrogens with zero attached hydrogens (tertiary/aromatic N) is 3. The molecule has 6 nitrogen and oxygen atoms in total. The Balaban J connectivity index is 1.98. The zero-order valence-corrected chi connectivity index (χ0v) is 11.6. The Kier molecular flexibility index (Phi) is 3.31. The SMILES string of the molecule is COCc1nc2n(n1)[C@H](c1ccc(O)cc1)C[C@H](C)N2. The molecule has 0 bridgehead atoms. The number of benzene rings is 1. The van der Waals surface area contributed by atoms with Crippen LogP contribution in [0.1, 0.15) is 30.8 Å². The molecule has 2 N–H and O–H groups in total. The fraction of sp³-hybridized carbons (Fsp3) is 0.429. The van der Waals surface area contributed by atoms with Crippen LogP contribution in [0.3, 0.4) is 0 Å². The molecule has 0 unspecified atom stereocenters. The monoisotopic (exact) mass is 274 g/mol. The highest BCUT2D eigenvalue weighted by molar-refractivity contribution is 5.36. The van der Waals surface area contributed by atoms with Crippen LogP contribution in [0.4, 0.5) is 5.95 Å². The van der Waals surface area contributed by atoms with Crippen LogP contribution in [-0.2, 0) is 11.3 Å². The van der Waals surface area contributed by atoms with Crippen LogP contribution in [0.25, 0.3) is 0 Å². The normalized spacial score (nSPS) is 21.3. The third-order valence-corrected chi connectivity index (χ3v) is 3.47. The molecule has 2 heterocycles. The fourth-order valence-corrected chi connectivity index (χ4v) is 2.56. The first-order chi connectivity index (χ1) is 9.67. The summed E-state index contributed by atoms with van der Waals surface area (Å²) in [6, 6.07) is 7.71. The van der Waals surface area contributed by atoms with Crippen molar-refractivity contribution in [3.05, 3.63) is 35.7 Å². The van der Waals surface area contributed by atoms with Crippen molar-refractivity contribution < 1.29 is 9.84 Å². The van der Waals surface area contributed by atoms with E-state index in [0.29, 0.717) is 18.5 Å². The summed E-state index contributed by atoms with van der Waals surface area (Å²) in [4.78, 5) is 4.45. The number of ether oxygens (including phenoxy) is 1. The Morgan fingerprint density at radius 1 is 1.40 bits per heavy atom. The molecule has 1 aromatic heterocycles. The summed E-state index contributed by atoms with van der Waals surface area (Å²) in [7, 11) is 1.63. The van der Waals surface area contributed by atoms with Gasteiger partial charge in [0.15, 0.2) is 5.82 Å². The van der Waals surface area contributed by atoms with Crippen molar-refractivity contribution in [1.82, 2.24) is 14.8 Å². The van der Waals surface area contributed by atoms with Gasteiger partial charge in [-0.05, 0) is 31.0 Å². The largest absolute Gasteiger partial charge is 0.508 e. The average Bonchev–Trinajstić information content (AvgIpc) is 2.81. The Hall–Kier alpha value is -2.08. The van der Waals surface area contributed by atoms with E-state index >= 15 is 0 Å². The molecule has 1 aliphatic rings. The number of aromatic nitrogens is 3. The third kappa shape index (κ3) is 2.34. The highest BCUT2D eigenvalue weighted by Crippen LogP contribution is 2.31. The quantitative estimate of drug-likeness (QED) is 0.894. The van der Waals surface area contributed by atoms with Gasteiger partial charge >= 0.3 is 0 Å². The molecular formula is C14H18N4O2. The van der Waals surface area contributed by atoms with E-state index < -0.39 is 0 Å². The molecular weight excluding hydrogens is 256 g/mol. The highest BCUT2D eigenvalue weighted by atomic mass is 16.5. The van der Waals surface area contributed by atoms with Crippen molar-refractivity contribution in [2.45, 2.75) is 32.0 Å². The second-order valence-corrected chi connectivity index (χ2v) is 5.12. The Bertz CT molecular complexity index is 594. The zero-order valence-electron chi connectivity index (χ0n) is 11.6. The van der Waals surface area contributed by atoms with E-state index in [-0.39, 0.29) is 11.8 Å². The van der Waals surface area contributed by atoms with Crippen molar-refractivity contribution in [3.8, 4) is 5.75 Å². The molecule has 0 saturated carbocycles. The number of phenolic OH excluding ortho intramolecular Hbond substituents is 1. The number of phenols is 1. The molecule has 0 saturated heterocycles. The first kappa shape index (κ1) is 12.9. The lowest BCUT2D eigenvalue weighted by molar-refractivity contribution is 0.177. The number of aromatic hydroxyl groups is 1. The van der Waals surface area contributed by atoms with Gasteiger partial charge in [-0.2, -0.15) is 10.1 Å². The van der Waals surface area contributed by atoms with Gasteiger partial charge in [-0.1, -0.05) is 12.1 Å². The smallest absolute Gasteiger partial charge is 0.222 e. The van der Waals surface area contributed by atoms with Crippen molar-refractivity contribution in [1.29, 1.82) is 0 Å². The lowest BCUT2D eigenvalue weighted by Gasteiger charge is -2.29. The van der Waals surface area contributed by atoms with Gasteiger partial charge in [0.25, 0.3) is 0 Å². The second-order valence-electron chi connectivity index (χ2n) is 5.12. The lowest BCUT2D eigenvalue weighted by Crippen LogP contribution is -2.31. The van der Waals surface area contributed by atoms with Crippen LogP contribution in [0, 0.1) is 0 Å². The molecule has 20 heavy (non-hydrogen) atoms. The summed E-state index contributed by atoms with van der Waals surface area (Å²) in [5.74, 6) is 1.72. The van der Waals surface area contributed by atoms with Crippen molar-refractivity contribution in [2.75, 3.05) is 12.4 Å². The second kappa shape index (κ2) is 5.13. The lowest BCUT2D eigenvalue weighted by atomic mass is 9.98. The maximum atomic E-state index is 9.41. The summed E-state index contributed by atoms with van der Waals surface area (Å²) in [6.07, 6.45) is 0.924. The van der Waals surface area contributed by atoms with Gasteiger partial charge < -0.3 is 15.2 Å². The van der Waals surface area contributed by atoms with Crippen LogP contribution < -0.4 is 5.32 Å². The predicted octanol–water partition coefficient (Wildman–Crippen LogP) is 1.92. The molecule has 6 heteroatoms. The summed E-state index contributed by atoms with van der Waals surface area (Å²) in [5, 5.41) is 17.3. The maximum Gasteiger partial charge on any atom is 0.222 e. The van der Waals surface area contributed by atoms with Gasteiger partial charge in [0.2, 0.25) is 5.95 Å². The number of nitrogens with one attached hydrogen (secondary N) is 1. The number of hydrogen-bond donors (Lipinski definition) is 2. The van der Waals surface area contributed by atoms with Crippen LogP contribution in [-0.4, -0.2) is 33.0 Å². The fourth-order valence-electron chi connectivity index (χ4n) is 2.56. The first-order valence-electron chi connectivity index (χ1n) is 6.67. The standard InChI is InChI=1S/C14H18N4O2/c1-9-7-12(10-3-5-11(19)6-4-10)18-14(15-9)16-13(17-18)8-20-2/h3-6,9,12,19H,7-8H2,1-2H3,(H,15,16,17)/t9-,12-/m0/s1. The minimum Gasteiger partial charge on any atom is -0.508 e. The van der Waals surface area contributed by atoms with Crippen LogP contribution in [0.2, 0.25) is 0 Å². The molecule has 0 amide bonds. The van der Waals surface area contributed by atoms with Gasteiger partial charge in [0.05, 0.1) is 6.04 Å². The van der Waals surface area contributed by atoms with Gasteiger partial charge in [0.1, 0.15) is 12.4 Å². The summed E-state index contributed by atoms with van der Waals surface area (Å²) < 4.78 is 6.99. The summed E-state index contributed by atoms with van der Waals surface area (Å²) in [6.45, 7) is 2.53. The number of anilines is 1. The minimum absolute atomic E-state index is 0.125. The van der Waals surface area contributed by atoms with Crippen molar-refractivity contribution >= 4 is 5.95 Å². The third-order valence-electron chi connectivity index (χ3n) is 3.47. The van der Waals surface area contributed by atoms with Gasteiger partial charge in [-0.3, -0.25) is 0 Å². The summed E-state index contributed by atoms with van der Waals surface area (Å²) >= 11 is 0. The molecule has 0 radical (unpaired) electrons. The van der Waals surface area contributed by atoms with Crippen molar-refractivity contribution in [2.24, 2.45) is 0 Å². The van der Waals surface area contributed by atoms with Gasteiger partial charge in [-0.15, -0.1) is 0 Å². The van der Waals surface area contributed by atoms with Crippen LogP contribution in [0.5, 0.6) is 5.75 Å². The first-order valence-corrected chi connectivity index (χ1v) is 6.67. The highest BCUT2D eigenvalue weighted by Gasteiger charge is 2.28. The molecule has 1 aromatic carbocycles. The van der Waals surface area contributed by atoms with E-state index in [9.17, 15) is 5.11 Å². The number of hydrogen-bond acceptors (Lipinski definition) is 5. The molecule has 106 valence electrons. The topological polar surface area (TPSA) is 72.2 Å². The zero-order chi connectivity index (χ0) is 14.1. The molecule has 0 spiro atoms. The molecule has 3 rings (SSSR count). The van der Waals surface area contributed by atoms with E-state index in [1.54, 1.807) is 19.2 Å². The number of methoxy groups -OCH3 is 1. The van der Waals surface area contributed by atoms with E-state index in [0.717, 1.165) is 17.9 Å². The number of rotatable bonds is 3.